The van der Waals surface area contributed by atoms with E-state index in [1.165, 1.54) is 0 Å². The molecule has 1 N–H and O–H groups in total. The first-order chi connectivity index (χ1) is 17.4. The van der Waals surface area contributed by atoms with Crippen molar-refractivity contribution in [3.05, 3.63) is 76.8 Å². The molecule has 0 bridgehead atoms. The molecule has 1 atom stereocenters. The summed E-state index contributed by atoms with van der Waals surface area (Å²) in [7, 11) is 3.28. The Morgan fingerprint density at radius 1 is 1.08 bits per heavy atom. The van der Waals surface area contributed by atoms with Crippen molar-refractivity contribution >= 4 is 17.2 Å². The molecule has 2 heterocycles. The lowest BCUT2D eigenvalue weighted by Gasteiger charge is -2.14. The molecule has 0 saturated carbocycles. The highest BCUT2D eigenvalue weighted by Gasteiger charge is 2.21. The lowest BCUT2D eigenvalue weighted by atomic mass is 10.1. The van der Waals surface area contributed by atoms with E-state index >= 15 is 0 Å². The number of carbonyl (C=O) groups excluding carboxylic acids is 1. The van der Waals surface area contributed by atoms with Crippen LogP contribution in [0.2, 0.25) is 0 Å². The van der Waals surface area contributed by atoms with Gasteiger partial charge in [0.25, 0.3) is 5.91 Å². The maximum atomic E-state index is 13.1. The summed E-state index contributed by atoms with van der Waals surface area (Å²) in [5, 5.41) is 6.14. The van der Waals surface area contributed by atoms with Crippen LogP contribution in [0.3, 0.4) is 0 Å². The Kier molecular flexibility index (Phi) is 8.10. The number of carbonyl (C=O) groups is 1. The van der Waals surface area contributed by atoms with Gasteiger partial charge in [-0.15, -0.1) is 11.3 Å². The van der Waals surface area contributed by atoms with E-state index in [0.717, 1.165) is 46.1 Å². The zero-order chi connectivity index (χ0) is 25.7. The summed E-state index contributed by atoms with van der Waals surface area (Å²) < 4.78 is 13.1. The van der Waals surface area contributed by atoms with Crippen LogP contribution < -0.4 is 14.8 Å². The SMILES string of the molecule is CCC(C)NC(=O)c1cc(-c2csc(-c3ccccc3)n2)n(CCc2ccc(OC)c(OC)c2)c1C. The fraction of sp³-hybridized carbons (Fsp3) is 0.310. The van der Waals surface area contributed by atoms with Gasteiger partial charge < -0.3 is 19.4 Å². The molecule has 2 aromatic carbocycles. The molecule has 188 valence electrons. The highest BCUT2D eigenvalue weighted by molar-refractivity contribution is 7.13. The van der Waals surface area contributed by atoms with E-state index in [9.17, 15) is 4.79 Å². The largest absolute Gasteiger partial charge is 0.493 e. The van der Waals surface area contributed by atoms with Crippen LogP contribution in [0.4, 0.5) is 0 Å². The van der Waals surface area contributed by atoms with Crippen molar-refractivity contribution in [2.24, 2.45) is 0 Å². The van der Waals surface area contributed by atoms with Crippen molar-refractivity contribution in [2.75, 3.05) is 14.2 Å². The molecule has 7 heteroatoms. The standard InChI is InChI=1S/C29H33N3O3S/c1-6-19(2)30-28(33)23-17-25(24-18-36-29(31-24)22-10-8-7-9-11-22)32(20(23)3)15-14-21-12-13-26(34-4)27(16-21)35-5/h7-13,16-19H,6,14-15H2,1-5H3,(H,30,33). The molecule has 0 aliphatic heterocycles. The van der Waals surface area contributed by atoms with E-state index in [0.29, 0.717) is 23.6 Å². The molecule has 0 aliphatic carbocycles. The average Bonchev–Trinajstić information content (AvgIpc) is 3.52. The molecule has 6 nitrogen and oxygen atoms in total. The van der Waals surface area contributed by atoms with E-state index in [-0.39, 0.29) is 11.9 Å². The van der Waals surface area contributed by atoms with Crippen molar-refractivity contribution in [1.29, 1.82) is 0 Å². The number of thiazole rings is 1. The van der Waals surface area contributed by atoms with E-state index in [1.54, 1.807) is 25.6 Å². The van der Waals surface area contributed by atoms with Crippen molar-refractivity contribution in [3.63, 3.8) is 0 Å². The van der Waals surface area contributed by atoms with Crippen molar-refractivity contribution < 1.29 is 14.3 Å². The summed E-state index contributed by atoms with van der Waals surface area (Å²) in [5.74, 6) is 1.37. The van der Waals surface area contributed by atoms with Gasteiger partial charge in [0.05, 0.1) is 31.2 Å². The smallest absolute Gasteiger partial charge is 0.253 e. The van der Waals surface area contributed by atoms with Gasteiger partial charge in [0.1, 0.15) is 5.01 Å². The minimum Gasteiger partial charge on any atom is -0.493 e. The molecule has 0 saturated heterocycles. The Morgan fingerprint density at radius 2 is 1.83 bits per heavy atom. The molecule has 2 aromatic heterocycles. The number of hydrogen-bond donors (Lipinski definition) is 1. The van der Waals surface area contributed by atoms with E-state index in [4.69, 9.17) is 14.5 Å². The first-order valence-electron chi connectivity index (χ1n) is 12.2. The molecule has 0 radical (unpaired) electrons. The fourth-order valence-electron chi connectivity index (χ4n) is 4.16. The van der Waals surface area contributed by atoms with Crippen molar-refractivity contribution in [2.45, 2.75) is 46.2 Å². The summed E-state index contributed by atoms with van der Waals surface area (Å²) in [5.41, 5.74) is 5.65. The minimum absolute atomic E-state index is 0.0496. The van der Waals surface area contributed by atoms with Crippen LogP contribution in [-0.4, -0.2) is 35.7 Å². The van der Waals surface area contributed by atoms with Gasteiger partial charge in [-0.2, -0.15) is 0 Å². The number of rotatable bonds is 10. The predicted molar refractivity (Wildman–Crippen MR) is 146 cm³/mol. The number of hydrogen-bond acceptors (Lipinski definition) is 5. The number of methoxy groups -OCH3 is 2. The summed E-state index contributed by atoms with van der Waals surface area (Å²) >= 11 is 1.61. The topological polar surface area (TPSA) is 65.4 Å². The number of nitrogens with zero attached hydrogens (tertiary/aromatic N) is 2. The monoisotopic (exact) mass is 503 g/mol. The van der Waals surface area contributed by atoms with Gasteiger partial charge in [-0.25, -0.2) is 4.98 Å². The van der Waals surface area contributed by atoms with Gasteiger partial charge in [0.15, 0.2) is 11.5 Å². The Morgan fingerprint density at radius 3 is 2.53 bits per heavy atom. The summed E-state index contributed by atoms with van der Waals surface area (Å²) in [6, 6.07) is 18.2. The quantitative estimate of drug-likeness (QED) is 0.273. The number of aryl methyl sites for hydroxylation is 1. The highest BCUT2D eigenvalue weighted by atomic mass is 32.1. The Balaban J connectivity index is 1.69. The Hall–Kier alpha value is -3.58. The maximum Gasteiger partial charge on any atom is 0.253 e. The number of amides is 1. The second-order valence-electron chi connectivity index (χ2n) is 8.81. The lowest BCUT2D eigenvalue weighted by Crippen LogP contribution is -2.32. The summed E-state index contributed by atoms with van der Waals surface area (Å²) in [4.78, 5) is 18.1. The van der Waals surface area contributed by atoms with E-state index < -0.39 is 0 Å². The molecule has 4 aromatic rings. The van der Waals surface area contributed by atoms with Crippen LogP contribution in [0, 0.1) is 6.92 Å². The number of nitrogens with one attached hydrogen (secondary N) is 1. The van der Waals surface area contributed by atoms with Crippen molar-refractivity contribution in [3.8, 4) is 33.5 Å². The highest BCUT2D eigenvalue weighted by Crippen LogP contribution is 2.32. The van der Waals surface area contributed by atoms with Gasteiger partial charge in [-0.1, -0.05) is 43.3 Å². The molecular weight excluding hydrogens is 470 g/mol. The van der Waals surface area contributed by atoms with Crippen LogP contribution in [0.15, 0.2) is 60.0 Å². The van der Waals surface area contributed by atoms with Gasteiger partial charge in [-0.05, 0) is 50.5 Å². The molecule has 1 amide bonds. The van der Waals surface area contributed by atoms with Crippen molar-refractivity contribution in [1.82, 2.24) is 14.9 Å². The Bertz CT molecular complexity index is 1330. The minimum atomic E-state index is -0.0496. The van der Waals surface area contributed by atoms with E-state index in [2.05, 4.69) is 34.3 Å². The van der Waals surface area contributed by atoms with Crippen LogP contribution in [-0.2, 0) is 13.0 Å². The van der Waals surface area contributed by atoms with Gasteiger partial charge in [-0.3, -0.25) is 4.79 Å². The third kappa shape index (κ3) is 5.46. The molecular formula is C29H33N3O3S. The summed E-state index contributed by atoms with van der Waals surface area (Å²) in [6.07, 6.45) is 1.65. The van der Waals surface area contributed by atoms with Gasteiger partial charge in [0.2, 0.25) is 0 Å². The number of ether oxygens (including phenoxy) is 2. The average molecular weight is 504 g/mol. The molecule has 36 heavy (non-hydrogen) atoms. The predicted octanol–water partition coefficient (Wildman–Crippen LogP) is 6.38. The Labute approximate surface area is 216 Å². The summed E-state index contributed by atoms with van der Waals surface area (Å²) in [6.45, 7) is 6.80. The normalized spacial score (nSPS) is 11.8. The molecule has 4 rings (SSSR count). The second kappa shape index (κ2) is 11.4. The zero-order valence-electron chi connectivity index (χ0n) is 21.5. The van der Waals surface area contributed by atoms with Gasteiger partial charge in [0, 0.05) is 29.2 Å². The molecule has 1 unspecified atom stereocenters. The lowest BCUT2D eigenvalue weighted by molar-refractivity contribution is 0.0938. The van der Waals surface area contributed by atoms with Crippen LogP contribution >= 0.6 is 11.3 Å². The third-order valence-electron chi connectivity index (χ3n) is 6.46. The molecule has 0 aliphatic rings. The first kappa shape index (κ1) is 25.5. The maximum absolute atomic E-state index is 13.1. The fourth-order valence-corrected chi connectivity index (χ4v) is 4.98. The molecule has 0 fully saturated rings. The van der Waals surface area contributed by atoms with Crippen LogP contribution in [0.5, 0.6) is 11.5 Å². The number of aromatic nitrogens is 2. The zero-order valence-corrected chi connectivity index (χ0v) is 22.3. The van der Waals surface area contributed by atoms with Gasteiger partial charge >= 0.3 is 0 Å². The molecule has 0 spiro atoms. The van der Waals surface area contributed by atoms with Crippen LogP contribution in [0.1, 0.15) is 41.9 Å². The van der Waals surface area contributed by atoms with E-state index in [1.807, 2.05) is 56.3 Å². The second-order valence-corrected chi connectivity index (χ2v) is 9.66. The number of benzene rings is 2. The third-order valence-corrected chi connectivity index (χ3v) is 7.35. The first-order valence-corrected chi connectivity index (χ1v) is 13.1. The van der Waals surface area contributed by atoms with Crippen LogP contribution in [0.25, 0.3) is 22.0 Å².